The summed E-state index contributed by atoms with van der Waals surface area (Å²) in [4.78, 5) is 26.7. The molecule has 0 aromatic carbocycles. The Morgan fingerprint density at radius 3 is 2.57 bits per heavy atom. The van der Waals surface area contributed by atoms with Crippen molar-refractivity contribution in [2.75, 3.05) is 0 Å². The number of carbonyl (C=O) groups is 1. The van der Waals surface area contributed by atoms with Crippen LogP contribution in [0.3, 0.4) is 0 Å². The molecule has 2 aromatic rings. The second-order valence-corrected chi connectivity index (χ2v) is 4.72. The first-order chi connectivity index (χ1) is 10.7. The zero-order valence-corrected chi connectivity index (χ0v) is 12.4. The van der Waals surface area contributed by atoms with Crippen LogP contribution >= 0.6 is 0 Å². The van der Waals surface area contributed by atoms with Gasteiger partial charge >= 0.3 is 6.18 Å². The fraction of sp³-hybridized carbons (Fsp3) is 0.385. The van der Waals surface area contributed by atoms with Crippen molar-refractivity contribution < 1.29 is 18.0 Å². The lowest BCUT2D eigenvalue weighted by atomic mass is 10.2. The minimum atomic E-state index is -4.77. The Morgan fingerprint density at radius 1 is 1.35 bits per heavy atom. The topological polar surface area (TPSA) is 92.7 Å². The maximum absolute atomic E-state index is 12.5. The van der Waals surface area contributed by atoms with Crippen LogP contribution in [0.4, 0.5) is 13.2 Å². The number of hydrogen-bond donors (Lipinski definition) is 2. The standard InChI is InChI=1S/C13H14F3N5O2/c1-3-21-19-7(2)10(20-21)6-17-12(23)9-5-4-8(11(22)18-9)13(14,15)16/h4-5H,3,6H2,1-2H3,(H,17,23)(H,18,22). The average Bonchev–Trinajstić information content (AvgIpc) is 2.83. The molecule has 23 heavy (non-hydrogen) atoms. The molecule has 0 spiro atoms. The van der Waals surface area contributed by atoms with Gasteiger partial charge in [0.2, 0.25) is 0 Å². The Hall–Kier alpha value is -2.65. The third kappa shape index (κ3) is 3.76. The first-order valence-electron chi connectivity index (χ1n) is 6.71. The third-order valence-electron chi connectivity index (χ3n) is 3.08. The minimum absolute atomic E-state index is 0.0493. The van der Waals surface area contributed by atoms with E-state index in [0.717, 1.165) is 6.07 Å². The van der Waals surface area contributed by atoms with Crippen molar-refractivity contribution in [2.45, 2.75) is 33.1 Å². The number of amides is 1. The molecule has 0 saturated heterocycles. The number of halogens is 3. The van der Waals surface area contributed by atoms with E-state index in [1.165, 1.54) is 4.80 Å². The fourth-order valence-corrected chi connectivity index (χ4v) is 1.86. The number of pyridine rings is 1. The number of rotatable bonds is 4. The fourth-order valence-electron chi connectivity index (χ4n) is 1.86. The summed E-state index contributed by atoms with van der Waals surface area (Å²) >= 11 is 0. The quantitative estimate of drug-likeness (QED) is 0.883. The third-order valence-corrected chi connectivity index (χ3v) is 3.08. The first kappa shape index (κ1) is 16.7. The van der Waals surface area contributed by atoms with Crippen LogP contribution < -0.4 is 10.9 Å². The summed E-state index contributed by atoms with van der Waals surface area (Å²) in [5, 5.41) is 10.7. The van der Waals surface area contributed by atoms with Crippen LogP contribution in [0.5, 0.6) is 0 Å². The van der Waals surface area contributed by atoms with E-state index >= 15 is 0 Å². The van der Waals surface area contributed by atoms with Gasteiger partial charge in [-0.25, -0.2) is 0 Å². The normalized spacial score (nSPS) is 11.5. The van der Waals surface area contributed by atoms with E-state index in [9.17, 15) is 22.8 Å². The number of carbonyl (C=O) groups excluding carboxylic acids is 1. The van der Waals surface area contributed by atoms with Crippen LogP contribution in [0.1, 0.15) is 34.4 Å². The minimum Gasteiger partial charge on any atom is -0.345 e. The molecule has 0 unspecified atom stereocenters. The van der Waals surface area contributed by atoms with Crippen molar-refractivity contribution in [2.24, 2.45) is 0 Å². The molecule has 2 N–H and O–H groups in total. The monoisotopic (exact) mass is 329 g/mol. The highest BCUT2D eigenvalue weighted by Gasteiger charge is 2.34. The molecular formula is C13H14F3N5O2. The van der Waals surface area contributed by atoms with Crippen molar-refractivity contribution in [3.63, 3.8) is 0 Å². The van der Waals surface area contributed by atoms with Gasteiger partial charge < -0.3 is 10.3 Å². The van der Waals surface area contributed by atoms with E-state index in [-0.39, 0.29) is 12.2 Å². The smallest absolute Gasteiger partial charge is 0.345 e. The van der Waals surface area contributed by atoms with Crippen LogP contribution in [0.2, 0.25) is 0 Å². The molecule has 2 heterocycles. The van der Waals surface area contributed by atoms with Gasteiger partial charge in [0.1, 0.15) is 17.0 Å². The molecule has 0 saturated carbocycles. The lowest BCUT2D eigenvalue weighted by molar-refractivity contribution is -0.138. The van der Waals surface area contributed by atoms with E-state index in [1.807, 2.05) is 11.9 Å². The van der Waals surface area contributed by atoms with Gasteiger partial charge in [-0.05, 0) is 26.0 Å². The molecule has 0 fully saturated rings. The van der Waals surface area contributed by atoms with Gasteiger partial charge in [-0.2, -0.15) is 28.2 Å². The first-order valence-corrected chi connectivity index (χ1v) is 6.71. The van der Waals surface area contributed by atoms with E-state index in [2.05, 4.69) is 15.5 Å². The van der Waals surface area contributed by atoms with Gasteiger partial charge in [0.05, 0.1) is 18.8 Å². The van der Waals surface area contributed by atoms with E-state index in [0.29, 0.717) is 24.0 Å². The van der Waals surface area contributed by atoms with Crippen LogP contribution in [-0.4, -0.2) is 25.9 Å². The van der Waals surface area contributed by atoms with Gasteiger partial charge in [0, 0.05) is 0 Å². The summed E-state index contributed by atoms with van der Waals surface area (Å²) in [7, 11) is 0. The number of H-pyrrole nitrogens is 1. The molecule has 7 nitrogen and oxygen atoms in total. The van der Waals surface area contributed by atoms with Crippen molar-refractivity contribution in [3.05, 3.63) is 45.1 Å². The molecule has 2 rings (SSSR count). The highest BCUT2D eigenvalue weighted by Crippen LogP contribution is 2.25. The van der Waals surface area contributed by atoms with Crippen LogP contribution in [0, 0.1) is 6.92 Å². The maximum atomic E-state index is 12.5. The summed E-state index contributed by atoms with van der Waals surface area (Å²) in [5.74, 6) is -0.707. The molecule has 124 valence electrons. The summed E-state index contributed by atoms with van der Waals surface area (Å²) in [6.07, 6.45) is -4.77. The Morgan fingerprint density at radius 2 is 2.04 bits per heavy atom. The van der Waals surface area contributed by atoms with Crippen LogP contribution in [0.25, 0.3) is 0 Å². The molecule has 0 aliphatic heterocycles. The summed E-state index contributed by atoms with van der Waals surface area (Å²) in [6, 6.07) is 1.49. The summed E-state index contributed by atoms with van der Waals surface area (Å²) < 4.78 is 37.5. The maximum Gasteiger partial charge on any atom is 0.421 e. The number of alkyl halides is 3. The molecule has 0 radical (unpaired) electrons. The van der Waals surface area contributed by atoms with Gasteiger partial charge in [-0.1, -0.05) is 0 Å². The van der Waals surface area contributed by atoms with Gasteiger partial charge in [0.15, 0.2) is 0 Å². The van der Waals surface area contributed by atoms with Crippen LogP contribution in [0.15, 0.2) is 16.9 Å². The molecule has 0 atom stereocenters. The molecule has 2 aromatic heterocycles. The number of aromatic nitrogens is 4. The second-order valence-electron chi connectivity index (χ2n) is 4.72. The van der Waals surface area contributed by atoms with Crippen LogP contribution in [-0.2, 0) is 19.3 Å². The summed E-state index contributed by atoms with van der Waals surface area (Å²) in [6.45, 7) is 4.20. The number of aryl methyl sites for hydroxylation is 2. The van der Waals surface area contributed by atoms with Crippen molar-refractivity contribution >= 4 is 5.91 Å². The predicted octanol–water partition coefficient (Wildman–Crippen LogP) is 1.24. The second kappa shape index (κ2) is 6.23. The SMILES string of the molecule is CCn1nc(C)c(CNC(=O)c2ccc(C(F)(F)F)c(=O)[nH]2)n1. The number of aromatic amines is 1. The van der Waals surface area contributed by atoms with E-state index in [4.69, 9.17) is 0 Å². The highest BCUT2D eigenvalue weighted by atomic mass is 19.4. The molecule has 0 aliphatic rings. The Bertz CT molecular complexity index is 779. The van der Waals surface area contributed by atoms with E-state index in [1.54, 1.807) is 6.92 Å². The lowest BCUT2D eigenvalue weighted by Gasteiger charge is -2.07. The van der Waals surface area contributed by atoms with Crippen molar-refractivity contribution in [1.29, 1.82) is 0 Å². The summed E-state index contributed by atoms with van der Waals surface area (Å²) in [5.41, 5.74) is -1.81. The molecule has 10 heteroatoms. The molecule has 0 aliphatic carbocycles. The Labute approximate surface area is 128 Å². The zero-order valence-electron chi connectivity index (χ0n) is 12.4. The Balaban J connectivity index is 2.10. The molecule has 1 amide bonds. The number of nitrogens with zero attached hydrogens (tertiary/aromatic N) is 3. The molecular weight excluding hydrogens is 315 g/mol. The number of hydrogen-bond acceptors (Lipinski definition) is 4. The van der Waals surface area contributed by atoms with Gasteiger partial charge in [0.25, 0.3) is 11.5 Å². The van der Waals surface area contributed by atoms with Gasteiger partial charge in [-0.3, -0.25) is 9.59 Å². The highest BCUT2D eigenvalue weighted by molar-refractivity contribution is 5.92. The zero-order chi connectivity index (χ0) is 17.2. The largest absolute Gasteiger partial charge is 0.421 e. The average molecular weight is 329 g/mol. The van der Waals surface area contributed by atoms with Gasteiger partial charge in [-0.15, -0.1) is 0 Å². The van der Waals surface area contributed by atoms with E-state index < -0.39 is 23.2 Å². The molecule has 0 bridgehead atoms. The van der Waals surface area contributed by atoms with Crippen molar-refractivity contribution in [1.82, 2.24) is 25.3 Å². The number of nitrogens with one attached hydrogen (secondary N) is 2. The Kier molecular flexibility index (Phi) is 4.52. The predicted molar refractivity (Wildman–Crippen MR) is 73.7 cm³/mol. The van der Waals surface area contributed by atoms with Crippen molar-refractivity contribution in [3.8, 4) is 0 Å². The lowest BCUT2D eigenvalue weighted by Crippen LogP contribution is -2.29.